The SMILES string of the molecule is CN=C(NCC1CCCN(C(C)C)C1)NC1CCN(CC(F)(F)F)C1.I. The van der Waals surface area contributed by atoms with Gasteiger partial charge in [0.15, 0.2) is 5.96 Å². The van der Waals surface area contributed by atoms with Gasteiger partial charge in [-0.1, -0.05) is 0 Å². The van der Waals surface area contributed by atoms with E-state index in [2.05, 4.69) is 34.4 Å². The van der Waals surface area contributed by atoms with Crippen LogP contribution in [0.4, 0.5) is 13.2 Å². The lowest BCUT2D eigenvalue weighted by atomic mass is 9.97. The predicted octanol–water partition coefficient (Wildman–Crippen LogP) is 2.53. The van der Waals surface area contributed by atoms with Gasteiger partial charge in [0, 0.05) is 45.3 Å². The largest absolute Gasteiger partial charge is 0.401 e. The van der Waals surface area contributed by atoms with Gasteiger partial charge in [0.05, 0.1) is 6.54 Å². The van der Waals surface area contributed by atoms with Crippen molar-refractivity contribution in [3.63, 3.8) is 0 Å². The molecule has 0 aliphatic carbocycles. The standard InChI is InChI=1S/C17H32F3N5.HI/c1-13(2)25-7-4-5-14(10-25)9-22-16(21-3)23-15-6-8-24(11-15)12-17(18,19)20;/h13-15H,4-12H2,1-3H3,(H2,21,22,23);1H. The zero-order valence-electron chi connectivity index (χ0n) is 16.0. The van der Waals surface area contributed by atoms with Gasteiger partial charge in [-0.05, 0) is 45.6 Å². The van der Waals surface area contributed by atoms with E-state index in [9.17, 15) is 13.2 Å². The van der Waals surface area contributed by atoms with E-state index in [1.54, 1.807) is 7.05 Å². The average molecular weight is 491 g/mol. The number of piperidine rings is 1. The molecule has 9 heteroatoms. The van der Waals surface area contributed by atoms with Gasteiger partial charge >= 0.3 is 6.18 Å². The van der Waals surface area contributed by atoms with E-state index in [0.717, 1.165) is 19.6 Å². The summed E-state index contributed by atoms with van der Waals surface area (Å²) in [4.78, 5) is 8.18. The van der Waals surface area contributed by atoms with Gasteiger partial charge in [-0.25, -0.2) is 0 Å². The van der Waals surface area contributed by atoms with Crippen molar-refractivity contribution in [3.8, 4) is 0 Å². The van der Waals surface area contributed by atoms with Gasteiger partial charge in [-0.3, -0.25) is 9.89 Å². The summed E-state index contributed by atoms with van der Waals surface area (Å²) in [6, 6.07) is 0.588. The minimum absolute atomic E-state index is 0. The number of aliphatic imine (C=N–C) groups is 1. The number of guanidine groups is 1. The minimum atomic E-state index is -4.13. The molecular weight excluding hydrogens is 458 g/mol. The summed E-state index contributed by atoms with van der Waals surface area (Å²) in [6.07, 6.45) is -0.999. The fraction of sp³-hybridized carbons (Fsp3) is 0.941. The molecule has 26 heavy (non-hydrogen) atoms. The molecule has 0 radical (unpaired) electrons. The monoisotopic (exact) mass is 491 g/mol. The molecule has 2 fully saturated rings. The summed E-state index contributed by atoms with van der Waals surface area (Å²) in [7, 11) is 1.71. The molecule has 5 nitrogen and oxygen atoms in total. The molecule has 154 valence electrons. The fourth-order valence-electron chi connectivity index (χ4n) is 3.71. The number of likely N-dealkylation sites (tertiary alicyclic amines) is 2. The van der Waals surface area contributed by atoms with Crippen LogP contribution >= 0.6 is 24.0 Å². The van der Waals surface area contributed by atoms with Crippen LogP contribution in [0.25, 0.3) is 0 Å². The van der Waals surface area contributed by atoms with Crippen molar-refractivity contribution < 1.29 is 13.2 Å². The van der Waals surface area contributed by atoms with Gasteiger partial charge in [-0.2, -0.15) is 13.2 Å². The molecule has 2 atom stereocenters. The molecule has 0 bridgehead atoms. The number of nitrogens with zero attached hydrogens (tertiary/aromatic N) is 3. The Labute approximate surface area is 172 Å². The van der Waals surface area contributed by atoms with Crippen LogP contribution in [-0.2, 0) is 0 Å². The highest BCUT2D eigenvalue weighted by molar-refractivity contribution is 14.0. The molecule has 0 amide bonds. The first kappa shape index (κ1) is 23.7. The molecule has 2 aliphatic rings. The van der Waals surface area contributed by atoms with Crippen LogP contribution < -0.4 is 10.6 Å². The van der Waals surface area contributed by atoms with E-state index in [0.29, 0.717) is 37.4 Å². The van der Waals surface area contributed by atoms with Crippen LogP contribution in [0.5, 0.6) is 0 Å². The summed E-state index contributed by atoms with van der Waals surface area (Å²) < 4.78 is 37.4. The topological polar surface area (TPSA) is 42.9 Å². The lowest BCUT2D eigenvalue weighted by Crippen LogP contribution is -2.48. The Balaban J connectivity index is 0.00000338. The molecule has 0 aromatic heterocycles. The average Bonchev–Trinajstić information content (AvgIpc) is 2.96. The van der Waals surface area contributed by atoms with E-state index < -0.39 is 12.7 Å². The quantitative estimate of drug-likeness (QED) is 0.353. The van der Waals surface area contributed by atoms with Crippen LogP contribution in [0.3, 0.4) is 0 Å². The summed E-state index contributed by atoms with van der Waals surface area (Å²) in [5.41, 5.74) is 0. The predicted molar refractivity (Wildman–Crippen MR) is 110 cm³/mol. The molecule has 2 rings (SSSR count). The molecule has 0 aromatic rings. The van der Waals surface area contributed by atoms with Gasteiger partial charge < -0.3 is 15.5 Å². The second-order valence-corrected chi connectivity index (χ2v) is 7.53. The van der Waals surface area contributed by atoms with Crippen molar-refractivity contribution in [1.82, 2.24) is 20.4 Å². The van der Waals surface area contributed by atoms with Crippen LogP contribution in [0, 0.1) is 5.92 Å². The normalized spacial score (nSPS) is 26.0. The highest BCUT2D eigenvalue weighted by Crippen LogP contribution is 2.20. The van der Waals surface area contributed by atoms with E-state index in [1.807, 2.05) is 0 Å². The van der Waals surface area contributed by atoms with E-state index >= 15 is 0 Å². The second kappa shape index (κ2) is 10.9. The van der Waals surface area contributed by atoms with Crippen LogP contribution in [-0.4, -0.2) is 80.3 Å². The van der Waals surface area contributed by atoms with E-state index in [4.69, 9.17) is 0 Å². The molecule has 2 unspecified atom stereocenters. The Kier molecular flexibility index (Phi) is 9.95. The van der Waals surface area contributed by atoms with Crippen LogP contribution in [0.1, 0.15) is 33.1 Å². The lowest BCUT2D eigenvalue weighted by Gasteiger charge is -2.35. The van der Waals surface area contributed by atoms with Gasteiger partial charge in [0.25, 0.3) is 0 Å². The minimum Gasteiger partial charge on any atom is -0.356 e. The Bertz CT molecular complexity index is 445. The first-order valence-corrected chi connectivity index (χ1v) is 9.27. The number of hydrogen-bond donors (Lipinski definition) is 2. The lowest BCUT2D eigenvalue weighted by molar-refractivity contribution is -0.143. The second-order valence-electron chi connectivity index (χ2n) is 7.53. The maximum Gasteiger partial charge on any atom is 0.401 e. The third-order valence-corrected chi connectivity index (χ3v) is 5.08. The highest BCUT2D eigenvalue weighted by Gasteiger charge is 2.34. The Morgan fingerprint density at radius 1 is 1.19 bits per heavy atom. The van der Waals surface area contributed by atoms with Crippen LogP contribution in [0.15, 0.2) is 4.99 Å². The fourth-order valence-corrected chi connectivity index (χ4v) is 3.71. The first-order chi connectivity index (χ1) is 11.8. The molecular formula is C17H33F3IN5. The zero-order chi connectivity index (χ0) is 18.4. The number of alkyl halides is 3. The van der Waals surface area contributed by atoms with Crippen molar-refractivity contribution >= 4 is 29.9 Å². The van der Waals surface area contributed by atoms with Crippen molar-refractivity contribution in [1.29, 1.82) is 0 Å². The Morgan fingerprint density at radius 3 is 2.54 bits per heavy atom. The number of halogens is 4. The Morgan fingerprint density at radius 2 is 1.92 bits per heavy atom. The smallest absolute Gasteiger partial charge is 0.356 e. The zero-order valence-corrected chi connectivity index (χ0v) is 18.3. The highest BCUT2D eigenvalue weighted by atomic mass is 127. The molecule has 2 aliphatic heterocycles. The molecule has 0 spiro atoms. The van der Waals surface area contributed by atoms with Crippen molar-refractivity contribution in [2.75, 3.05) is 46.3 Å². The third kappa shape index (κ3) is 8.16. The summed E-state index contributed by atoms with van der Waals surface area (Å²) in [5.74, 6) is 1.28. The molecule has 0 aromatic carbocycles. The molecule has 2 N–H and O–H groups in total. The summed E-state index contributed by atoms with van der Waals surface area (Å²) >= 11 is 0. The van der Waals surface area contributed by atoms with E-state index in [1.165, 1.54) is 17.7 Å². The summed E-state index contributed by atoms with van der Waals surface area (Å²) in [5, 5.41) is 6.63. The van der Waals surface area contributed by atoms with Crippen molar-refractivity contribution in [2.45, 2.75) is 51.4 Å². The van der Waals surface area contributed by atoms with Gasteiger partial charge in [0.1, 0.15) is 0 Å². The van der Waals surface area contributed by atoms with Gasteiger partial charge in [-0.15, -0.1) is 24.0 Å². The van der Waals surface area contributed by atoms with Gasteiger partial charge in [0.2, 0.25) is 0 Å². The van der Waals surface area contributed by atoms with Crippen molar-refractivity contribution in [3.05, 3.63) is 0 Å². The maximum absolute atomic E-state index is 12.5. The molecule has 0 saturated carbocycles. The molecule has 2 saturated heterocycles. The number of nitrogens with one attached hydrogen (secondary N) is 2. The third-order valence-electron chi connectivity index (χ3n) is 5.08. The number of rotatable bonds is 5. The van der Waals surface area contributed by atoms with E-state index in [-0.39, 0.29) is 30.0 Å². The van der Waals surface area contributed by atoms with Crippen LogP contribution in [0.2, 0.25) is 0 Å². The first-order valence-electron chi connectivity index (χ1n) is 9.27. The Hall–Kier alpha value is -0.290. The van der Waals surface area contributed by atoms with Crippen molar-refractivity contribution in [2.24, 2.45) is 10.9 Å². The molecule has 2 heterocycles. The number of hydrogen-bond acceptors (Lipinski definition) is 3. The maximum atomic E-state index is 12.5. The summed E-state index contributed by atoms with van der Waals surface area (Å²) in [6.45, 7) is 7.60.